The molecule has 0 bridgehead atoms. The van der Waals surface area contributed by atoms with Crippen LogP contribution in [0.3, 0.4) is 0 Å². The van der Waals surface area contributed by atoms with Crippen LogP contribution in [0, 0.1) is 12.7 Å². The van der Waals surface area contributed by atoms with Crippen LogP contribution in [0.15, 0.2) is 58.2 Å². The van der Waals surface area contributed by atoms with Crippen LogP contribution in [-0.2, 0) is 4.79 Å². The van der Waals surface area contributed by atoms with E-state index in [0.717, 1.165) is 16.7 Å². The minimum atomic E-state index is -0.418. The Hall–Kier alpha value is -2.67. The Morgan fingerprint density at radius 1 is 1.11 bits per heavy atom. The summed E-state index contributed by atoms with van der Waals surface area (Å²) < 4.78 is 18.7. The Morgan fingerprint density at radius 3 is 2.52 bits per heavy atom. The number of nitrogens with one attached hydrogen (secondary N) is 1. The summed E-state index contributed by atoms with van der Waals surface area (Å²) in [6, 6.07) is 13.6. The molecule has 0 radical (unpaired) electrons. The van der Waals surface area contributed by atoms with Crippen molar-refractivity contribution in [2.24, 2.45) is 0 Å². The lowest BCUT2D eigenvalue weighted by atomic mass is 10.1. The maximum absolute atomic E-state index is 13.0. The SMILES string of the molecule is Cc1ccccc1-c1nnc(S[C@H](C)C(=O)N[C@H](C)c2ccc(F)cc2)o1. The molecular weight excluding hydrogens is 365 g/mol. The molecule has 140 valence electrons. The monoisotopic (exact) mass is 385 g/mol. The van der Waals surface area contributed by atoms with Gasteiger partial charge in [0.15, 0.2) is 0 Å². The molecule has 0 spiro atoms. The zero-order valence-electron chi connectivity index (χ0n) is 15.3. The highest BCUT2D eigenvalue weighted by Crippen LogP contribution is 2.28. The van der Waals surface area contributed by atoms with Crippen molar-refractivity contribution in [2.45, 2.75) is 37.3 Å². The number of carbonyl (C=O) groups is 1. The number of hydrogen-bond donors (Lipinski definition) is 1. The fourth-order valence-corrected chi connectivity index (χ4v) is 3.24. The number of nitrogens with zero attached hydrogens (tertiary/aromatic N) is 2. The Kier molecular flexibility index (Phi) is 5.91. The molecular formula is C20H20FN3O2S. The molecule has 1 N–H and O–H groups in total. The van der Waals surface area contributed by atoms with Gasteiger partial charge in [0, 0.05) is 5.56 Å². The van der Waals surface area contributed by atoms with Gasteiger partial charge in [-0.05, 0) is 50.1 Å². The van der Waals surface area contributed by atoms with Crippen molar-refractivity contribution in [3.63, 3.8) is 0 Å². The third-order valence-corrected chi connectivity index (χ3v) is 5.09. The number of benzene rings is 2. The quantitative estimate of drug-likeness (QED) is 0.631. The van der Waals surface area contributed by atoms with Crippen molar-refractivity contribution in [3.8, 4) is 11.5 Å². The molecule has 0 aliphatic rings. The zero-order valence-corrected chi connectivity index (χ0v) is 16.1. The summed E-state index contributed by atoms with van der Waals surface area (Å²) in [4.78, 5) is 12.4. The first-order valence-corrected chi connectivity index (χ1v) is 9.44. The summed E-state index contributed by atoms with van der Waals surface area (Å²) in [5.74, 6) is -0.0302. The fourth-order valence-electron chi connectivity index (χ4n) is 2.55. The summed E-state index contributed by atoms with van der Waals surface area (Å²) in [5.41, 5.74) is 2.75. The molecule has 2 aromatic carbocycles. The van der Waals surface area contributed by atoms with E-state index in [4.69, 9.17) is 4.42 Å². The predicted octanol–water partition coefficient (Wildman–Crippen LogP) is 4.54. The van der Waals surface area contributed by atoms with E-state index < -0.39 is 5.25 Å². The molecule has 0 saturated carbocycles. The molecule has 2 atom stereocenters. The van der Waals surface area contributed by atoms with Crippen molar-refractivity contribution in [2.75, 3.05) is 0 Å². The number of amides is 1. The predicted molar refractivity (Wildman–Crippen MR) is 103 cm³/mol. The van der Waals surface area contributed by atoms with Gasteiger partial charge in [0.2, 0.25) is 11.8 Å². The van der Waals surface area contributed by atoms with Crippen LogP contribution in [0.2, 0.25) is 0 Å². The molecule has 0 fully saturated rings. The van der Waals surface area contributed by atoms with Crippen LogP contribution < -0.4 is 5.32 Å². The van der Waals surface area contributed by atoms with Gasteiger partial charge in [0.1, 0.15) is 5.82 Å². The summed E-state index contributed by atoms with van der Waals surface area (Å²) in [5, 5.41) is 10.9. The minimum Gasteiger partial charge on any atom is -0.411 e. The summed E-state index contributed by atoms with van der Waals surface area (Å²) >= 11 is 1.20. The Balaban J connectivity index is 1.61. The van der Waals surface area contributed by atoms with Crippen LogP contribution in [0.5, 0.6) is 0 Å². The van der Waals surface area contributed by atoms with Gasteiger partial charge >= 0.3 is 0 Å². The highest BCUT2D eigenvalue weighted by Gasteiger charge is 2.21. The third-order valence-electron chi connectivity index (χ3n) is 4.16. The number of carbonyl (C=O) groups excluding carboxylic acids is 1. The lowest BCUT2D eigenvalue weighted by Crippen LogP contribution is -2.33. The first-order valence-electron chi connectivity index (χ1n) is 8.56. The molecule has 0 unspecified atom stereocenters. The molecule has 27 heavy (non-hydrogen) atoms. The summed E-state index contributed by atoms with van der Waals surface area (Å²) in [7, 11) is 0. The van der Waals surface area contributed by atoms with E-state index in [1.54, 1.807) is 19.1 Å². The molecule has 0 saturated heterocycles. The van der Waals surface area contributed by atoms with Crippen LogP contribution in [0.1, 0.15) is 31.0 Å². The average molecular weight is 385 g/mol. The first kappa shape index (κ1) is 19.1. The number of aryl methyl sites for hydroxylation is 1. The standard InChI is InChI=1S/C20H20FN3O2S/c1-12-6-4-5-7-17(12)19-23-24-20(26-19)27-14(3)18(25)22-13(2)15-8-10-16(21)11-9-15/h4-11,13-14H,1-3H3,(H,22,25)/t13-,14-/m1/s1. The van der Waals surface area contributed by atoms with E-state index >= 15 is 0 Å². The molecule has 1 aromatic heterocycles. The first-order chi connectivity index (χ1) is 12.9. The van der Waals surface area contributed by atoms with Gasteiger partial charge in [-0.1, -0.05) is 42.1 Å². The minimum absolute atomic E-state index is 0.160. The second-order valence-electron chi connectivity index (χ2n) is 6.23. The Morgan fingerprint density at radius 2 is 1.81 bits per heavy atom. The number of aromatic nitrogens is 2. The molecule has 7 heteroatoms. The van der Waals surface area contributed by atoms with E-state index in [0.29, 0.717) is 11.1 Å². The second kappa shape index (κ2) is 8.35. The summed E-state index contributed by atoms with van der Waals surface area (Å²) in [6.07, 6.45) is 0. The number of hydrogen-bond acceptors (Lipinski definition) is 5. The molecule has 5 nitrogen and oxygen atoms in total. The van der Waals surface area contributed by atoms with Crippen molar-refractivity contribution in [3.05, 3.63) is 65.5 Å². The van der Waals surface area contributed by atoms with Crippen LogP contribution >= 0.6 is 11.8 Å². The smallest absolute Gasteiger partial charge is 0.277 e. The van der Waals surface area contributed by atoms with E-state index in [-0.39, 0.29) is 17.8 Å². The van der Waals surface area contributed by atoms with E-state index in [1.165, 1.54) is 23.9 Å². The van der Waals surface area contributed by atoms with Crippen LogP contribution in [0.4, 0.5) is 4.39 Å². The van der Waals surface area contributed by atoms with Crippen molar-refractivity contribution >= 4 is 17.7 Å². The van der Waals surface area contributed by atoms with Gasteiger partial charge in [-0.15, -0.1) is 10.2 Å². The van der Waals surface area contributed by atoms with E-state index in [2.05, 4.69) is 15.5 Å². The van der Waals surface area contributed by atoms with Crippen molar-refractivity contribution in [1.82, 2.24) is 15.5 Å². The maximum atomic E-state index is 13.0. The summed E-state index contributed by atoms with van der Waals surface area (Å²) in [6.45, 7) is 5.60. The van der Waals surface area contributed by atoms with Gasteiger partial charge in [-0.25, -0.2) is 4.39 Å². The molecule has 0 aliphatic heterocycles. The third kappa shape index (κ3) is 4.74. The Labute approximate surface area is 161 Å². The van der Waals surface area contributed by atoms with Crippen molar-refractivity contribution in [1.29, 1.82) is 0 Å². The number of thioether (sulfide) groups is 1. The Bertz CT molecular complexity index is 927. The average Bonchev–Trinajstić information content (AvgIpc) is 3.10. The number of rotatable bonds is 6. The second-order valence-corrected chi connectivity index (χ2v) is 7.52. The molecule has 3 rings (SSSR count). The van der Waals surface area contributed by atoms with Gasteiger partial charge in [-0.3, -0.25) is 4.79 Å². The highest BCUT2D eigenvalue weighted by molar-refractivity contribution is 8.00. The lowest BCUT2D eigenvalue weighted by Gasteiger charge is -2.16. The van der Waals surface area contributed by atoms with Crippen molar-refractivity contribution < 1.29 is 13.6 Å². The van der Waals surface area contributed by atoms with Gasteiger partial charge in [0.25, 0.3) is 5.22 Å². The molecule has 1 heterocycles. The number of halogens is 1. The largest absolute Gasteiger partial charge is 0.411 e. The zero-order chi connectivity index (χ0) is 19.4. The molecule has 0 aliphatic carbocycles. The van der Waals surface area contributed by atoms with Gasteiger partial charge < -0.3 is 9.73 Å². The topological polar surface area (TPSA) is 68.0 Å². The maximum Gasteiger partial charge on any atom is 0.277 e. The van der Waals surface area contributed by atoms with Crippen LogP contribution in [-0.4, -0.2) is 21.4 Å². The fraction of sp³-hybridized carbons (Fsp3) is 0.250. The normalized spacial score (nSPS) is 13.2. The van der Waals surface area contributed by atoms with E-state index in [1.807, 2.05) is 38.1 Å². The van der Waals surface area contributed by atoms with Gasteiger partial charge in [-0.2, -0.15) is 0 Å². The molecule has 3 aromatic rings. The van der Waals surface area contributed by atoms with Crippen LogP contribution in [0.25, 0.3) is 11.5 Å². The highest BCUT2D eigenvalue weighted by atomic mass is 32.2. The lowest BCUT2D eigenvalue weighted by molar-refractivity contribution is -0.120. The van der Waals surface area contributed by atoms with E-state index in [9.17, 15) is 9.18 Å². The molecule has 1 amide bonds. The van der Waals surface area contributed by atoms with Gasteiger partial charge in [0.05, 0.1) is 11.3 Å².